The molecule has 0 amide bonds. The Morgan fingerprint density at radius 2 is 1.43 bits per heavy atom. The van der Waals surface area contributed by atoms with E-state index in [4.69, 9.17) is 4.84 Å². The van der Waals surface area contributed by atoms with Crippen molar-refractivity contribution in [2.24, 2.45) is 0 Å². The number of nitrogens with one attached hydrogen (secondary N) is 3. The summed E-state index contributed by atoms with van der Waals surface area (Å²) < 4.78 is 0. The van der Waals surface area contributed by atoms with Crippen molar-refractivity contribution >= 4 is 0 Å². The van der Waals surface area contributed by atoms with Gasteiger partial charge in [0.15, 0.2) is 0 Å². The first kappa shape index (κ1) is 13.8. The second kappa shape index (κ2) is 4.52. The van der Waals surface area contributed by atoms with E-state index >= 15 is 0 Å². The zero-order valence-electron chi connectivity index (χ0n) is 9.72. The van der Waals surface area contributed by atoms with Gasteiger partial charge in [-0.15, -0.1) is 5.34 Å². The Bertz CT molecular complexity index is 174. The van der Waals surface area contributed by atoms with Gasteiger partial charge in [0.2, 0.25) is 0 Å². The predicted molar refractivity (Wildman–Crippen MR) is 52.4 cm³/mol. The van der Waals surface area contributed by atoms with Gasteiger partial charge in [-0.3, -0.25) is 0 Å². The van der Waals surface area contributed by atoms with Gasteiger partial charge in [-0.05, 0) is 41.5 Å². The molecular weight excluding hydrogens is 186 g/mol. The van der Waals surface area contributed by atoms with Crippen LogP contribution in [0, 0.1) is 10.4 Å². The molecule has 14 heavy (non-hydrogen) atoms. The van der Waals surface area contributed by atoms with Crippen LogP contribution in [0.5, 0.6) is 0 Å². The monoisotopic (exact) mass is 207 g/mol. The molecule has 0 spiro atoms. The molecule has 0 heterocycles. The first-order valence-corrected chi connectivity index (χ1v) is 4.57. The Balaban J connectivity index is 4.01. The topological polar surface area (TPSA) is 76.3 Å². The maximum atomic E-state index is 11.3. The number of rotatable bonds is 3. The fourth-order valence-corrected chi connectivity index (χ4v) is 0.584. The van der Waals surface area contributed by atoms with Crippen molar-refractivity contribution in [1.29, 1.82) is 0 Å². The smallest absolute Gasteiger partial charge is 0.122 e. The lowest BCUT2D eigenvalue weighted by Gasteiger charge is -2.37. The average Bonchev–Trinajstić information content (AvgIpc) is 1.79. The SMILES string of the molecule is CC(C)(C)O[NH+]([O-])N[NH+]([O-])C(C)(C)C. The van der Waals surface area contributed by atoms with E-state index in [0.29, 0.717) is 0 Å². The minimum atomic E-state index is -0.697. The Morgan fingerprint density at radius 1 is 1.00 bits per heavy atom. The summed E-state index contributed by atoms with van der Waals surface area (Å²) in [7, 11) is 0. The summed E-state index contributed by atoms with van der Waals surface area (Å²) in [5, 5.41) is 21.5. The summed E-state index contributed by atoms with van der Waals surface area (Å²) in [5.41, 5.74) is 1.01. The largest absolute Gasteiger partial charge is 0.609 e. The summed E-state index contributed by atoms with van der Waals surface area (Å²) in [6, 6.07) is 0. The van der Waals surface area contributed by atoms with Gasteiger partial charge in [0, 0.05) is 5.53 Å². The van der Waals surface area contributed by atoms with E-state index in [1.54, 1.807) is 41.5 Å². The van der Waals surface area contributed by atoms with E-state index in [9.17, 15) is 10.4 Å². The molecule has 0 saturated heterocycles. The number of hydrogen-bond donors (Lipinski definition) is 3. The minimum absolute atomic E-state index is 0.341. The highest BCUT2D eigenvalue weighted by Gasteiger charge is 2.23. The molecule has 0 aliphatic rings. The van der Waals surface area contributed by atoms with Crippen LogP contribution >= 0.6 is 0 Å². The molecule has 0 aromatic heterocycles. The lowest BCUT2D eigenvalue weighted by molar-refractivity contribution is -1.23. The van der Waals surface area contributed by atoms with E-state index in [2.05, 4.69) is 5.53 Å². The van der Waals surface area contributed by atoms with Gasteiger partial charge in [0.05, 0.1) is 0 Å². The van der Waals surface area contributed by atoms with Gasteiger partial charge < -0.3 is 10.4 Å². The van der Waals surface area contributed by atoms with Gasteiger partial charge in [-0.25, -0.2) is 5.17 Å². The van der Waals surface area contributed by atoms with Gasteiger partial charge in [-0.2, -0.15) is 4.84 Å². The molecule has 0 aromatic rings. The summed E-state index contributed by atoms with van der Waals surface area (Å²) in [5.74, 6) is 0. The maximum absolute atomic E-state index is 11.3. The Hall–Kier alpha value is -0.240. The Kier molecular flexibility index (Phi) is 4.44. The summed E-state index contributed by atoms with van der Waals surface area (Å²) in [4.78, 5) is 4.93. The van der Waals surface area contributed by atoms with Crippen molar-refractivity contribution in [2.45, 2.75) is 52.7 Å². The molecule has 0 aliphatic carbocycles. The predicted octanol–water partition coefficient (Wildman–Crippen LogP) is -1.30. The molecule has 2 unspecified atom stereocenters. The minimum Gasteiger partial charge on any atom is -0.609 e. The quantitative estimate of drug-likeness (QED) is 0.503. The third-order valence-electron chi connectivity index (χ3n) is 1.30. The molecule has 0 radical (unpaired) electrons. The summed E-state index contributed by atoms with van der Waals surface area (Å²) >= 11 is 0. The van der Waals surface area contributed by atoms with Crippen LogP contribution in [0.3, 0.4) is 0 Å². The Labute approximate surface area is 84.9 Å². The number of hydroxylamine groups is 1. The van der Waals surface area contributed by atoms with Crippen LogP contribution in [0.15, 0.2) is 0 Å². The third kappa shape index (κ3) is 6.25. The lowest BCUT2D eigenvalue weighted by Crippen LogP contribution is -3.38. The van der Waals surface area contributed by atoms with Gasteiger partial charge in [0.1, 0.15) is 11.1 Å². The molecule has 2 atom stereocenters. The van der Waals surface area contributed by atoms with Gasteiger partial charge in [-0.1, -0.05) is 0 Å². The number of quaternary nitrogens is 2. The standard InChI is InChI=1S/C8H21N3O3/c1-7(2,3)10(12)9-11(13)14-8(4,5)6/h9-11H,1-6H3. The average molecular weight is 207 g/mol. The van der Waals surface area contributed by atoms with Crippen LogP contribution in [0.2, 0.25) is 0 Å². The lowest BCUT2D eigenvalue weighted by atomic mass is 10.1. The molecule has 0 fully saturated rings. The van der Waals surface area contributed by atoms with Crippen molar-refractivity contribution in [3.05, 3.63) is 10.4 Å². The second-order valence-corrected chi connectivity index (χ2v) is 5.21. The molecule has 6 nitrogen and oxygen atoms in total. The van der Waals surface area contributed by atoms with E-state index < -0.39 is 16.5 Å². The van der Waals surface area contributed by atoms with Crippen molar-refractivity contribution < 1.29 is 15.3 Å². The van der Waals surface area contributed by atoms with E-state index in [1.165, 1.54) is 0 Å². The highest BCUT2D eigenvalue weighted by Crippen LogP contribution is 2.00. The van der Waals surface area contributed by atoms with Crippen LogP contribution in [0.1, 0.15) is 41.5 Å². The summed E-state index contributed by atoms with van der Waals surface area (Å²) in [6.07, 6.45) is 0. The van der Waals surface area contributed by atoms with E-state index in [0.717, 1.165) is 0 Å². The van der Waals surface area contributed by atoms with Gasteiger partial charge >= 0.3 is 0 Å². The summed E-state index contributed by atoms with van der Waals surface area (Å²) in [6.45, 7) is 10.4. The molecule has 0 rings (SSSR count). The van der Waals surface area contributed by atoms with Crippen molar-refractivity contribution in [1.82, 2.24) is 5.53 Å². The fraction of sp³-hybridized carbons (Fsp3) is 1.00. The first-order valence-electron chi connectivity index (χ1n) is 4.57. The van der Waals surface area contributed by atoms with E-state index in [-0.39, 0.29) is 5.17 Å². The fourth-order valence-electron chi connectivity index (χ4n) is 0.584. The Morgan fingerprint density at radius 3 is 1.71 bits per heavy atom. The maximum Gasteiger partial charge on any atom is 0.122 e. The highest BCUT2D eigenvalue weighted by atomic mass is 16.9. The first-order chi connectivity index (χ1) is 6.02. The molecule has 3 N–H and O–H groups in total. The van der Waals surface area contributed by atoms with Gasteiger partial charge in [0.25, 0.3) is 0 Å². The third-order valence-corrected chi connectivity index (χ3v) is 1.30. The van der Waals surface area contributed by atoms with Crippen molar-refractivity contribution in [3.8, 4) is 0 Å². The molecule has 0 aliphatic heterocycles. The molecular formula is C8H21N3O3. The zero-order chi connectivity index (χ0) is 11.6. The molecule has 6 heteroatoms. The molecule has 0 saturated carbocycles. The van der Waals surface area contributed by atoms with Crippen LogP contribution in [-0.4, -0.2) is 11.1 Å². The van der Waals surface area contributed by atoms with Crippen molar-refractivity contribution in [2.75, 3.05) is 0 Å². The van der Waals surface area contributed by atoms with Crippen LogP contribution in [0.4, 0.5) is 0 Å². The number of hydrogen-bond acceptors (Lipinski definition) is 4. The van der Waals surface area contributed by atoms with Crippen molar-refractivity contribution in [3.63, 3.8) is 0 Å². The van der Waals surface area contributed by atoms with E-state index in [1.807, 2.05) is 0 Å². The molecule has 86 valence electrons. The highest BCUT2D eigenvalue weighted by molar-refractivity contribution is 4.54. The van der Waals surface area contributed by atoms with Crippen LogP contribution in [-0.2, 0) is 4.84 Å². The van der Waals surface area contributed by atoms with Crippen LogP contribution < -0.4 is 16.0 Å². The second-order valence-electron chi connectivity index (χ2n) is 5.21. The molecule has 0 aromatic carbocycles. The zero-order valence-corrected chi connectivity index (χ0v) is 9.72. The normalized spacial score (nSPS) is 18.0. The molecule has 0 bridgehead atoms. The van der Waals surface area contributed by atoms with Crippen LogP contribution in [0.25, 0.3) is 0 Å².